The predicted molar refractivity (Wildman–Crippen MR) is 55.8 cm³/mol. The minimum atomic E-state index is 0.417. The molecule has 1 fully saturated rings. The molecule has 0 heterocycles. The van der Waals surface area contributed by atoms with Gasteiger partial charge in [0.25, 0.3) is 0 Å². The molecule has 1 aliphatic rings. The Morgan fingerprint density at radius 1 is 1.54 bits per heavy atom. The maximum atomic E-state index is 5.37. The van der Waals surface area contributed by atoms with Gasteiger partial charge >= 0.3 is 0 Å². The van der Waals surface area contributed by atoms with Crippen molar-refractivity contribution >= 4 is 0 Å². The Hall–Kier alpha value is -0.340. The summed E-state index contributed by atoms with van der Waals surface area (Å²) in [5.74, 6) is 0. The first-order valence-electron chi connectivity index (χ1n) is 5.17. The van der Waals surface area contributed by atoms with E-state index in [0.717, 1.165) is 6.42 Å². The second-order valence-electron chi connectivity index (χ2n) is 3.91. The molecular weight excluding hydrogens is 162 g/mol. The van der Waals surface area contributed by atoms with Crippen LogP contribution in [0, 0.1) is 0 Å². The fourth-order valence-corrected chi connectivity index (χ4v) is 1.95. The first-order valence-corrected chi connectivity index (χ1v) is 5.17. The lowest BCUT2D eigenvalue weighted by atomic mass is 9.92. The Balaban J connectivity index is 2.29. The molecule has 0 aromatic carbocycles. The fraction of sp³-hybridized carbons (Fsp3) is 0.818. The molecule has 2 heteroatoms. The Labute approximate surface area is 81.4 Å². The van der Waals surface area contributed by atoms with Crippen LogP contribution < -0.4 is 5.32 Å². The Kier molecular flexibility index (Phi) is 4.46. The third kappa shape index (κ3) is 3.49. The highest BCUT2D eigenvalue weighted by atomic mass is 16.5. The lowest BCUT2D eigenvalue weighted by Gasteiger charge is -2.30. The molecular formula is C11H21NO. The van der Waals surface area contributed by atoms with E-state index >= 15 is 0 Å². The van der Waals surface area contributed by atoms with Crippen molar-refractivity contribution in [3.63, 3.8) is 0 Å². The van der Waals surface area contributed by atoms with Gasteiger partial charge in [0.05, 0.1) is 6.10 Å². The molecule has 1 N–H and O–H groups in total. The molecule has 1 rings (SSSR count). The zero-order valence-electron chi connectivity index (χ0n) is 8.75. The highest BCUT2D eigenvalue weighted by molar-refractivity contribution is 4.87. The summed E-state index contributed by atoms with van der Waals surface area (Å²) >= 11 is 0. The topological polar surface area (TPSA) is 21.3 Å². The first kappa shape index (κ1) is 10.7. The van der Waals surface area contributed by atoms with Crippen LogP contribution >= 0.6 is 0 Å². The van der Waals surface area contributed by atoms with Crippen molar-refractivity contribution in [2.24, 2.45) is 0 Å². The monoisotopic (exact) mass is 183 g/mol. The average Bonchev–Trinajstić information content (AvgIpc) is 2.18. The lowest BCUT2D eigenvalue weighted by molar-refractivity contribution is 0.0581. The molecule has 0 aliphatic heterocycles. The number of methoxy groups -OCH3 is 1. The highest BCUT2D eigenvalue weighted by Crippen LogP contribution is 2.20. The second kappa shape index (κ2) is 5.40. The number of ether oxygens (including phenoxy) is 1. The van der Waals surface area contributed by atoms with Crippen LogP contribution in [0.1, 0.15) is 32.6 Å². The molecule has 13 heavy (non-hydrogen) atoms. The molecule has 0 spiro atoms. The normalized spacial score (nSPS) is 31.2. The van der Waals surface area contributed by atoms with E-state index < -0.39 is 0 Å². The number of nitrogens with one attached hydrogen (secondary N) is 1. The van der Waals surface area contributed by atoms with Crippen LogP contribution in [0.5, 0.6) is 0 Å². The summed E-state index contributed by atoms with van der Waals surface area (Å²) in [6.45, 7) is 5.91. The van der Waals surface area contributed by atoms with Gasteiger partial charge in [-0.15, -0.1) is 6.58 Å². The van der Waals surface area contributed by atoms with Gasteiger partial charge in [-0.2, -0.15) is 0 Å². The lowest BCUT2D eigenvalue weighted by Crippen LogP contribution is -2.40. The zero-order valence-corrected chi connectivity index (χ0v) is 8.75. The van der Waals surface area contributed by atoms with Crippen LogP contribution in [0.25, 0.3) is 0 Å². The van der Waals surface area contributed by atoms with Crippen LogP contribution in [0.15, 0.2) is 12.7 Å². The first-order chi connectivity index (χ1) is 6.26. The van der Waals surface area contributed by atoms with Crippen molar-refractivity contribution in [2.75, 3.05) is 7.11 Å². The van der Waals surface area contributed by atoms with Gasteiger partial charge in [0, 0.05) is 19.2 Å². The third-order valence-electron chi connectivity index (χ3n) is 2.81. The van der Waals surface area contributed by atoms with Crippen molar-refractivity contribution in [3.8, 4) is 0 Å². The quantitative estimate of drug-likeness (QED) is 0.674. The average molecular weight is 183 g/mol. The van der Waals surface area contributed by atoms with Crippen molar-refractivity contribution < 1.29 is 4.74 Å². The van der Waals surface area contributed by atoms with Gasteiger partial charge in [0.15, 0.2) is 0 Å². The van der Waals surface area contributed by atoms with E-state index in [1.54, 1.807) is 0 Å². The standard InChI is InChI=1S/C11H21NO/c1-4-9(2)12-10-6-5-7-11(8-10)13-3/h4,9-12H,1,5-8H2,2-3H3. The molecule has 0 bridgehead atoms. The third-order valence-corrected chi connectivity index (χ3v) is 2.81. The summed E-state index contributed by atoms with van der Waals surface area (Å²) in [4.78, 5) is 0. The molecule has 1 aliphatic carbocycles. The van der Waals surface area contributed by atoms with E-state index in [1.807, 2.05) is 13.2 Å². The SMILES string of the molecule is C=CC(C)NC1CCCC(OC)C1. The number of rotatable bonds is 4. The van der Waals surface area contributed by atoms with Gasteiger partial charge < -0.3 is 10.1 Å². The van der Waals surface area contributed by atoms with E-state index in [9.17, 15) is 0 Å². The summed E-state index contributed by atoms with van der Waals surface area (Å²) < 4.78 is 5.37. The molecule has 76 valence electrons. The Morgan fingerprint density at radius 3 is 2.92 bits per heavy atom. The maximum absolute atomic E-state index is 5.37. The van der Waals surface area contributed by atoms with E-state index in [2.05, 4.69) is 18.8 Å². The summed E-state index contributed by atoms with van der Waals surface area (Å²) in [5.41, 5.74) is 0. The van der Waals surface area contributed by atoms with Crippen molar-refractivity contribution in [1.82, 2.24) is 5.32 Å². The summed E-state index contributed by atoms with van der Waals surface area (Å²) in [6, 6.07) is 1.03. The van der Waals surface area contributed by atoms with Gasteiger partial charge in [-0.05, 0) is 32.6 Å². The van der Waals surface area contributed by atoms with Crippen molar-refractivity contribution in [2.45, 2.75) is 50.8 Å². The fourth-order valence-electron chi connectivity index (χ4n) is 1.95. The molecule has 3 unspecified atom stereocenters. The molecule has 0 radical (unpaired) electrons. The second-order valence-corrected chi connectivity index (χ2v) is 3.91. The molecule has 3 atom stereocenters. The van der Waals surface area contributed by atoms with Crippen LogP contribution in [0.3, 0.4) is 0 Å². The smallest absolute Gasteiger partial charge is 0.0586 e. The predicted octanol–water partition coefficient (Wildman–Crippen LogP) is 2.11. The van der Waals surface area contributed by atoms with Crippen molar-refractivity contribution in [1.29, 1.82) is 0 Å². The minimum absolute atomic E-state index is 0.417. The van der Waals surface area contributed by atoms with Crippen LogP contribution in [-0.4, -0.2) is 25.3 Å². The maximum Gasteiger partial charge on any atom is 0.0586 e. The number of hydrogen-bond donors (Lipinski definition) is 1. The van der Waals surface area contributed by atoms with Crippen LogP contribution in [0.4, 0.5) is 0 Å². The molecule has 2 nitrogen and oxygen atoms in total. The van der Waals surface area contributed by atoms with Crippen LogP contribution in [0.2, 0.25) is 0 Å². The minimum Gasteiger partial charge on any atom is -0.381 e. The van der Waals surface area contributed by atoms with E-state index in [4.69, 9.17) is 4.74 Å². The zero-order chi connectivity index (χ0) is 9.68. The van der Waals surface area contributed by atoms with Gasteiger partial charge in [-0.1, -0.05) is 6.08 Å². The Morgan fingerprint density at radius 2 is 2.31 bits per heavy atom. The van der Waals surface area contributed by atoms with E-state index in [-0.39, 0.29) is 0 Å². The highest BCUT2D eigenvalue weighted by Gasteiger charge is 2.21. The molecule has 0 saturated heterocycles. The molecule has 0 aromatic rings. The van der Waals surface area contributed by atoms with Gasteiger partial charge in [-0.25, -0.2) is 0 Å². The Bertz CT molecular complexity index is 158. The largest absolute Gasteiger partial charge is 0.381 e. The molecule has 0 amide bonds. The summed E-state index contributed by atoms with van der Waals surface area (Å²) in [6.07, 6.45) is 7.34. The summed E-state index contributed by atoms with van der Waals surface area (Å²) in [5, 5.41) is 3.53. The van der Waals surface area contributed by atoms with Gasteiger partial charge in [-0.3, -0.25) is 0 Å². The van der Waals surface area contributed by atoms with Crippen LogP contribution in [-0.2, 0) is 4.74 Å². The van der Waals surface area contributed by atoms with Gasteiger partial charge in [0.2, 0.25) is 0 Å². The summed E-state index contributed by atoms with van der Waals surface area (Å²) in [7, 11) is 1.81. The van der Waals surface area contributed by atoms with Crippen molar-refractivity contribution in [3.05, 3.63) is 12.7 Å². The molecule has 1 saturated carbocycles. The number of hydrogen-bond acceptors (Lipinski definition) is 2. The van der Waals surface area contributed by atoms with E-state index in [0.29, 0.717) is 18.2 Å². The van der Waals surface area contributed by atoms with E-state index in [1.165, 1.54) is 19.3 Å². The van der Waals surface area contributed by atoms with Gasteiger partial charge in [0.1, 0.15) is 0 Å². The molecule has 0 aromatic heterocycles.